The standard InChI is InChI=1S/C56H36N4O/c1-5-16-37(17-6-1)38-28-32-43(33-29-38)55-58-54(42-22-11-4-12-23-42)59-56(60-55)44-34-30-39(31-35-44)45-24-15-25-46(36-45)51-50-49(40-18-7-2-8-19-40)52(41-20-9-3-10-21-41)61-53(50)47-26-13-14-27-48(47)57-51/h1-36H. The molecule has 0 spiro atoms. The summed E-state index contributed by atoms with van der Waals surface area (Å²) < 4.78 is 6.93. The molecule has 0 aliphatic rings. The molecule has 0 N–H and O–H groups in total. The molecule has 3 heterocycles. The van der Waals surface area contributed by atoms with Gasteiger partial charge in [-0.3, -0.25) is 0 Å². The second-order valence-electron chi connectivity index (χ2n) is 15.0. The summed E-state index contributed by atoms with van der Waals surface area (Å²) in [6, 6.07) is 75.0. The Morgan fingerprint density at radius 3 is 1.30 bits per heavy atom. The summed E-state index contributed by atoms with van der Waals surface area (Å²) in [7, 11) is 0. The molecule has 0 amide bonds. The van der Waals surface area contributed by atoms with Crippen molar-refractivity contribution in [2.24, 2.45) is 0 Å². The minimum atomic E-state index is 0.613. The van der Waals surface area contributed by atoms with Crippen LogP contribution in [0.15, 0.2) is 223 Å². The summed E-state index contributed by atoms with van der Waals surface area (Å²) in [6.07, 6.45) is 0. The molecule has 0 atom stereocenters. The normalized spacial score (nSPS) is 11.3. The van der Waals surface area contributed by atoms with Gasteiger partial charge in [0, 0.05) is 38.8 Å². The van der Waals surface area contributed by atoms with E-state index in [-0.39, 0.29) is 0 Å². The van der Waals surface area contributed by atoms with Gasteiger partial charge in [-0.1, -0.05) is 200 Å². The Balaban J connectivity index is 1.00. The number of pyridine rings is 1. The molecule has 0 fully saturated rings. The van der Waals surface area contributed by atoms with E-state index < -0.39 is 0 Å². The third-order valence-corrected chi connectivity index (χ3v) is 11.2. The lowest BCUT2D eigenvalue weighted by Gasteiger charge is -2.11. The molecule has 0 bridgehead atoms. The number of hydrogen-bond acceptors (Lipinski definition) is 5. The van der Waals surface area contributed by atoms with Gasteiger partial charge in [0.2, 0.25) is 0 Å². The first-order valence-corrected chi connectivity index (χ1v) is 20.4. The number of fused-ring (bicyclic) bond motifs is 3. The predicted octanol–water partition coefficient (Wildman–Crippen LogP) is 14.5. The topological polar surface area (TPSA) is 64.7 Å². The maximum atomic E-state index is 6.93. The van der Waals surface area contributed by atoms with Gasteiger partial charge in [-0.15, -0.1) is 0 Å². The first-order chi connectivity index (χ1) is 30.2. The number of benzene rings is 8. The van der Waals surface area contributed by atoms with Crippen molar-refractivity contribution >= 4 is 21.9 Å². The van der Waals surface area contributed by atoms with Gasteiger partial charge in [-0.2, -0.15) is 0 Å². The summed E-state index contributed by atoms with van der Waals surface area (Å²) in [5.74, 6) is 2.69. The van der Waals surface area contributed by atoms with E-state index in [0.717, 1.165) is 89.0 Å². The number of aromatic nitrogens is 4. The van der Waals surface area contributed by atoms with E-state index in [4.69, 9.17) is 24.4 Å². The lowest BCUT2D eigenvalue weighted by molar-refractivity contribution is 0.636. The van der Waals surface area contributed by atoms with Gasteiger partial charge in [-0.25, -0.2) is 19.9 Å². The molecule has 0 unspecified atom stereocenters. The van der Waals surface area contributed by atoms with E-state index in [1.165, 1.54) is 5.56 Å². The molecule has 286 valence electrons. The summed E-state index contributed by atoms with van der Waals surface area (Å²) in [5, 5.41) is 1.97. The zero-order valence-electron chi connectivity index (χ0n) is 33.0. The van der Waals surface area contributed by atoms with Crippen LogP contribution < -0.4 is 0 Å². The van der Waals surface area contributed by atoms with E-state index in [0.29, 0.717) is 17.5 Å². The lowest BCUT2D eigenvalue weighted by Crippen LogP contribution is -2.00. The fraction of sp³-hybridized carbons (Fsp3) is 0. The third kappa shape index (κ3) is 6.84. The van der Waals surface area contributed by atoms with Gasteiger partial charge < -0.3 is 4.42 Å². The summed E-state index contributed by atoms with van der Waals surface area (Å²) >= 11 is 0. The molecule has 0 saturated carbocycles. The molecule has 0 aliphatic carbocycles. The van der Waals surface area contributed by atoms with Gasteiger partial charge >= 0.3 is 0 Å². The summed E-state index contributed by atoms with van der Waals surface area (Å²) in [6.45, 7) is 0. The molecule has 3 aromatic heterocycles. The van der Waals surface area contributed by atoms with E-state index >= 15 is 0 Å². The van der Waals surface area contributed by atoms with Crippen LogP contribution in [0, 0.1) is 0 Å². The van der Waals surface area contributed by atoms with Crippen LogP contribution in [0.4, 0.5) is 0 Å². The fourth-order valence-electron chi connectivity index (χ4n) is 8.12. The summed E-state index contributed by atoms with van der Waals surface area (Å²) in [5.41, 5.74) is 13.9. The Morgan fingerprint density at radius 1 is 0.295 bits per heavy atom. The minimum Gasteiger partial charge on any atom is -0.455 e. The fourth-order valence-corrected chi connectivity index (χ4v) is 8.12. The zero-order chi connectivity index (χ0) is 40.5. The van der Waals surface area contributed by atoms with Gasteiger partial charge in [0.15, 0.2) is 17.5 Å². The number of para-hydroxylation sites is 1. The number of furan rings is 1. The van der Waals surface area contributed by atoms with Crippen LogP contribution in [-0.4, -0.2) is 19.9 Å². The minimum absolute atomic E-state index is 0.613. The summed E-state index contributed by atoms with van der Waals surface area (Å²) in [4.78, 5) is 20.3. The van der Waals surface area contributed by atoms with Gasteiger partial charge in [0.25, 0.3) is 0 Å². The van der Waals surface area contributed by atoms with Crippen molar-refractivity contribution in [3.8, 4) is 90.1 Å². The molecular formula is C56H36N4O. The molecule has 8 aromatic carbocycles. The van der Waals surface area contributed by atoms with Gasteiger partial charge in [-0.05, 0) is 46.0 Å². The molecule has 5 heteroatoms. The van der Waals surface area contributed by atoms with Gasteiger partial charge in [0.05, 0.1) is 16.6 Å². The second kappa shape index (κ2) is 15.5. The predicted molar refractivity (Wildman–Crippen MR) is 248 cm³/mol. The average molecular weight is 781 g/mol. The monoisotopic (exact) mass is 780 g/mol. The van der Waals surface area contributed by atoms with Crippen molar-refractivity contribution in [2.45, 2.75) is 0 Å². The smallest absolute Gasteiger partial charge is 0.164 e. The molecule has 0 aliphatic heterocycles. The van der Waals surface area contributed by atoms with E-state index in [1.807, 2.05) is 60.7 Å². The Bertz CT molecular complexity index is 3310. The van der Waals surface area contributed by atoms with Crippen LogP contribution in [0.1, 0.15) is 0 Å². The zero-order valence-corrected chi connectivity index (χ0v) is 33.0. The number of rotatable bonds is 8. The largest absolute Gasteiger partial charge is 0.455 e. The highest BCUT2D eigenvalue weighted by atomic mass is 16.3. The van der Waals surface area contributed by atoms with Crippen LogP contribution in [0.5, 0.6) is 0 Å². The molecule has 0 radical (unpaired) electrons. The van der Waals surface area contributed by atoms with Crippen molar-refractivity contribution in [1.29, 1.82) is 0 Å². The van der Waals surface area contributed by atoms with Gasteiger partial charge in [0.1, 0.15) is 11.3 Å². The van der Waals surface area contributed by atoms with Crippen LogP contribution in [-0.2, 0) is 0 Å². The second-order valence-corrected chi connectivity index (χ2v) is 15.0. The SMILES string of the molecule is c1ccc(-c2ccc(-c3nc(-c4ccccc4)nc(-c4ccc(-c5cccc(-c6nc7ccccc7c7oc(-c8ccccc8)c(-c8ccccc8)c67)c5)cc4)n3)cc2)cc1. The molecule has 0 saturated heterocycles. The Morgan fingerprint density at radius 2 is 0.705 bits per heavy atom. The highest BCUT2D eigenvalue weighted by Gasteiger charge is 2.24. The average Bonchev–Trinajstić information content (AvgIpc) is 3.76. The molecule has 5 nitrogen and oxygen atoms in total. The van der Waals surface area contributed by atoms with Crippen LogP contribution in [0.2, 0.25) is 0 Å². The van der Waals surface area contributed by atoms with E-state index in [9.17, 15) is 0 Å². The van der Waals surface area contributed by atoms with Crippen LogP contribution in [0.3, 0.4) is 0 Å². The van der Waals surface area contributed by atoms with Crippen molar-refractivity contribution in [2.75, 3.05) is 0 Å². The van der Waals surface area contributed by atoms with E-state index in [1.54, 1.807) is 0 Å². The molecule has 11 rings (SSSR count). The quantitative estimate of drug-likeness (QED) is 0.154. The maximum Gasteiger partial charge on any atom is 0.164 e. The maximum absolute atomic E-state index is 6.93. The van der Waals surface area contributed by atoms with Crippen molar-refractivity contribution < 1.29 is 4.42 Å². The van der Waals surface area contributed by atoms with Crippen LogP contribution in [0.25, 0.3) is 112 Å². The first-order valence-electron chi connectivity index (χ1n) is 20.4. The lowest BCUT2D eigenvalue weighted by atomic mass is 9.93. The highest BCUT2D eigenvalue weighted by molar-refractivity contribution is 6.16. The van der Waals surface area contributed by atoms with Crippen molar-refractivity contribution in [3.05, 3.63) is 218 Å². The first kappa shape index (κ1) is 35.8. The molecule has 61 heavy (non-hydrogen) atoms. The number of hydrogen-bond donors (Lipinski definition) is 0. The Kier molecular flexibility index (Phi) is 9.10. The molecular weight excluding hydrogens is 745 g/mol. The van der Waals surface area contributed by atoms with E-state index in [2.05, 4.69) is 158 Å². The molecule has 11 aromatic rings. The third-order valence-electron chi connectivity index (χ3n) is 11.2. The van der Waals surface area contributed by atoms with Crippen LogP contribution >= 0.6 is 0 Å². The number of nitrogens with zero attached hydrogens (tertiary/aromatic N) is 4. The Hall–Kier alpha value is -8.28. The highest BCUT2D eigenvalue weighted by Crippen LogP contribution is 2.47. The Labute approximate surface area is 353 Å². The van der Waals surface area contributed by atoms with Crippen molar-refractivity contribution in [1.82, 2.24) is 19.9 Å². The van der Waals surface area contributed by atoms with Crippen molar-refractivity contribution in [3.63, 3.8) is 0 Å².